The van der Waals surface area contributed by atoms with Gasteiger partial charge in [-0.05, 0) is 78.6 Å². The van der Waals surface area contributed by atoms with Gasteiger partial charge in [0.2, 0.25) is 5.91 Å². The van der Waals surface area contributed by atoms with E-state index in [2.05, 4.69) is 13.8 Å². The van der Waals surface area contributed by atoms with Crippen molar-refractivity contribution in [2.75, 3.05) is 20.3 Å². The van der Waals surface area contributed by atoms with Crippen molar-refractivity contribution in [1.29, 1.82) is 0 Å². The molecule has 1 amide bonds. The average Bonchev–Trinajstić information content (AvgIpc) is 3.23. The average molecular weight is 468 g/mol. The van der Waals surface area contributed by atoms with E-state index in [1.165, 1.54) is 32.1 Å². The Morgan fingerprint density at radius 3 is 2.68 bits per heavy atom. The number of rotatable bonds is 6. The molecule has 1 heterocycles. The van der Waals surface area contributed by atoms with Gasteiger partial charge in [0.05, 0.1) is 6.61 Å². The van der Waals surface area contributed by atoms with Crippen LogP contribution < -0.4 is 0 Å². The standard InChI is InChI=1S/C29H41NO4/c1-28-13-7-10-22(28)27-21(18-33-19-26(32)34-17-20-8-5-4-6-9-20)16-24-29(2,23(27)11-14-28)15-12-25(31)30(24)3/h4-6,8-9,21-24,27H,7,10-19H2,1-3H3/t21?,22-,23-,24+,27-,28-,29+/m0/s1. The van der Waals surface area contributed by atoms with Crippen molar-refractivity contribution in [3.63, 3.8) is 0 Å². The molecule has 4 fully saturated rings. The fourth-order valence-electron chi connectivity index (χ4n) is 8.50. The largest absolute Gasteiger partial charge is 0.459 e. The minimum Gasteiger partial charge on any atom is -0.459 e. The molecule has 5 nitrogen and oxygen atoms in total. The molecular formula is C29H41NO4. The molecule has 1 saturated heterocycles. The van der Waals surface area contributed by atoms with Crippen LogP contribution >= 0.6 is 0 Å². The van der Waals surface area contributed by atoms with Gasteiger partial charge in [0, 0.05) is 19.5 Å². The highest BCUT2D eigenvalue weighted by Gasteiger charge is 2.61. The molecule has 1 aromatic rings. The van der Waals surface area contributed by atoms with Crippen LogP contribution in [0, 0.1) is 34.5 Å². The summed E-state index contributed by atoms with van der Waals surface area (Å²) in [5, 5.41) is 0. The number of nitrogens with zero attached hydrogens (tertiary/aromatic N) is 1. The van der Waals surface area contributed by atoms with E-state index >= 15 is 0 Å². The molecule has 0 aromatic heterocycles. The quantitative estimate of drug-likeness (QED) is 0.538. The highest BCUT2D eigenvalue weighted by Crippen LogP contribution is 2.66. The van der Waals surface area contributed by atoms with E-state index in [9.17, 15) is 9.59 Å². The number of benzene rings is 1. The molecule has 0 N–H and O–H groups in total. The third-order valence-corrected chi connectivity index (χ3v) is 10.3. The number of amides is 1. The molecule has 3 saturated carbocycles. The summed E-state index contributed by atoms with van der Waals surface area (Å²) < 4.78 is 11.5. The van der Waals surface area contributed by atoms with Crippen LogP contribution in [-0.4, -0.2) is 43.1 Å². The maximum Gasteiger partial charge on any atom is 0.332 e. The number of fused-ring (bicyclic) bond motifs is 5. The molecule has 3 aliphatic carbocycles. The van der Waals surface area contributed by atoms with Gasteiger partial charge in [0.15, 0.2) is 0 Å². The van der Waals surface area contributed by atoms with E-state index in [1.807, 2.05) is 42.3 Å². The van der Waals surface area contributed by atoms with Gasteiger partial charge in [-0.1, -0.05) is 50.6 Å². The zero-order chi connectivity index (χ0) is 23.9. The smallest absolute Gasteiger partial charge is 0.332 e. The summed E-state index contributed by atoms with van der Waals surface area (Å²) in [7, 11) is 2.01. The third kappa shape index (κ3) is 4.19. The first-order valence-electron chi connectivity index (χ1n) is 13.3. The van der Waals surface area contributed by atoms with Gasteiger partial charge in [-0.3, -0.25) is 4.79 Å². The number of carbonyl (C=O) groups is 2. The number of hydrogen-bond acceptors (Lipinski definition) is 4. The number of ether oxygens (including phenoxy) is 2. The van der Waals surface area contributed by atoms with Crippen LogP contribution in [0.15, 0.2) is 30.3 Å². The predicted octanol–water partition coefficient (Wildman–Crippen LogP) is 5.23. The van der Waals surface area contributed by atoms with Crippen molar-refractivity contribution >= 4 is 11.9 Å². The van der Waals surface area contributed by atoms with Crippen molar-refractivity contribution in [1.82, 2.24) is 4.90 Å². The SMILES string of the molecule is CN1C(=O)CC[C@]2(C)[C@H]3CC[C@]4(C)CCC[C@H]4[C@@H]3C(COCC(=O)OCc3ccccc3)C[C@@H]12. The fourth-order valence-corrected chi connectivity index (χ4v) is 8.50. The van der Waals surface area contributed by atoms with Gasteiger partial charge >= 0.3 is 5.97 Å². The van der Waals surface area contributed by atoms with E-state index in [-0.39, 0.29) is 36.5 Å². The zero-order valence-corrected chi connectivity index (χ0v) is 21.1. The van der Waals surface area contributed by atoms with Crippen molar-refractivity contribution in [3.05, 3.63) is 35.9 Å². The maximum atomic E-state index is 12.6. The Morgan fingerprint density at radius 2 is 1.88 bits per heavy atom. The van der Waals surface area contributed by atoms with E-state index < -0.39 is 0 Å². The van der Waals surface area contributed by atoms with E-state index in [1.54, 1.807) is 0 Å². The lowest BCUT2D eigenvalue weighted by Gasteiger charge is -2.63. The Kier molecular flexibility index (Phi) is 6.52. The summed E-state index contributed by atoms with van der Waals surface area (Å²) >= 11 is 0. The Labute approximate surface area is 204 Å². The Bertz CT molecular complexity index is 903. The first-order valence-corrected chi connectivity index (χ1v) is 13.3. The lowest BCUT2D eigenvalue weighted by Crippen LogP contribution is -2.63. The van der Waals surface area contributed by atoms with Gasteiger partial charge in [-0.25, -0.2) is 4.79 Å². The molecule has 0 bridgehead atoms. The first-order chi connectivity index (χ1) is 16.3. The molecule has 5 rings (SSSR count). The molecule has 0 spiro atoms. The van der Waals surface area contributed by atoms with E-state index in [0.29, 0.717) is 36.2 Å². The predicted molar refractivity (Wildman–Crippen MR) is 131 cm³/mol. The van der Waals surface area contributed by atoms with Gasteiger partial charge in [0.25, 0.3) is 0 Å². The second kappa shape index (κ2) is 9.29. The Morgan fingerprint density at radius 1 is 1.09 bits per heavy atom. The van der Waals surface area contributed by atoms with Crippen LogP contribution in [0.3, 0.4) is 0 Å². The Balaban J connectivity index is 1.28. The van der Waals surface area contributed by atoms with Crippen molar-refractivity contribution in [2.24, 2.45) is 34.5 Å². The molecule has 5 heteroatoms. The Hall–Kier alpha value is -1.88. The molecule has 0 radical (unpaired) electrons. The molecule has 1 aliphatic heterocycles. The lowest BCUT2D eigenvalue weighted by atomic mass is 9.45. The third-order valence-electron chi connectivity index (χ3n) is 10.3. The van der Waals surface area contributed by atoms with Crippen LogP contribution in [-0.2, 0) is 25.7 Å². The second-order valence-electron chi connectivity index (χ2n) is 12.1. The number of likely N-dealkylation sites (tertiary alicyclic amines) is 1. The van der Waals surface area contributed by atoms with Gasteiger partial charge in [0.1, 0.15) is 13.2 Å². The fraction of sp³-hybridized carbons (Fsp3) is 0.724. The van der Waals surface area contributed by atoms with E-state index in [4.69, 9.17) is 9.47 Å². The van der Waals surface area contributed by atoms with Gasteiger partial charge in [-0.2, -0.15) is 0 Å². The second-order valence-corrected chi connectivity index (χ2v) is 12.1. The molecule has 7 atom stereocenters. The van der Waals surface area contributed by atoms with Crippen molar-refractivity contribution in [2.45, 2.75) is 77.9 Å². The molecule has 1 aromatic carbocycles. The molecule has 186 valence electrons. The zero-order valence-electron chi connectivity index (χ0n) is 21.1. The van der Waals surface area contributed by atoms with Crippen LogP contribution in [0.25, 0.3) is 0 Å². The number of hydrogen-bond donors (Lipinski definition) is 0. The highest BCUT2D eigenvalue weighted by atomic mass is 16.6. The lowest BCUT2D eigenvalue weighted by molar-refractivity contribution is -0.173. The summed E-state index contributed by atoms with van der Waals surface area (Å²) in [6, 6.07) is 10.0. The summed E-state index contributed by atoms with van der Waals surface area (Å²) in [5.41, 5.74) is 1.63. The van der Waals surface area contributed by atoms with Crippen LogP contribution in [0.4, 0.5) is 0 Å². The molecular weight excluding hydrogens is 426 g/mol. The van der Waals surface area contributed by atoms with E-state index in [0.717, 1.165) is 24.3 Å². The minimum absolute atomic E-state index is 0.000636. The summed E-state index contributed by atoms with van der Waals surface area (Å²) in [6.45, 7) is 5.85. The minimum atomic E-state index is -0.305. The summed E-state index contributed by atoms with van der Waals surface area (Å²) in [4.78, 5) is 27.0. The van der Waals surface area contributed by atoms with Crippen LogP contribution in [0.5, 0.6) is 0 Å². The number of carbonyl (C=O) groups excluding carboxylic acids is 2. The highest BCUT2D eigenvalue weighted by molar-refractivity contribution is 5.77. The number of piperidine rings is 1. The first kappa shape index (κ1) is 23.8. The number of esters is 1. The maximum absolute atomic E-state index is 12.6. The van der Waals surface area contributed by atoms with Crippen LogP contribution in [0.2, 0.25) is 0 Å². The topological polar surface area (TPSA) is 55.8 Å². The van der Waals surface area contributed by atoms with Crippen molar-refractivity contribution < 1.29 is 19.1 Å². The monoisotopic (exact) mass is 467 g/mol. The summed E-state index contributed by atoms with van der Waals surface area (Å²) in [5.74, 6) is 2.37. The van der Waals surface area contributed by atoms with Crippen molar-refractivity contribution in [3.8, 4) is 0 Å². The molecule has 1 unspecified atom stereocenters. The molecule has 34 heavy (non-hydrogen) atoms. The van der Waals surface area contributed by atoms with Gasteiger partial charge in [-0.15, -0.1) is 0 Å². The summed E-state index contributed by atoms with van der Waals surface area (Å²) in [6.07, 6.45) is 9.28. The normalized spacial score (nSPS) is 39.2. The van der Waals surface area contributed by atoms with Crippen LogP contribution in [0.1, 0.15) is 70.8 Å². The van der Waals surface area contributed by atoms with Gasteiger partial charge < -0.3 is 14.4 Å². The molecule has 4 aliphatic rings.